The molecule has 0 spiro atoms. The number of ether oxygens (including phenoxy) is 2. The van der Waals surface area contributed by atoms with Gasteiger partial charge in [-0.15, -0.1) is 0 Å². The topological polar surface area (TPSA) is 76.0 Å². The number of aliphatic hydroxyl groups excluding tert-OH is 1. The number of carbonyl (C=O) groups excluding carboxylic acids is 1. The molecule has 0 radical (unpaired) electrons. The highest BCUT2D eigenvalue weighted by Gasteiger charge is 2.45. The van der Waals surface area contributed by atoms with Crippen LogP contribution in [0.25, 0.3) is 0 Å². The minimum atomic E-state index is -1.80. The summed E-state index contributed by atoms with van der Waals surface area (Å²) in [5, 5.41) is 19.5. The molecular weight excluding hydrogens is 188 g/mol. The van der Waals surface area contributed by atoms with E-state index in [-0.39, 0.29) is 26.1 Å². The lowest BCUT2D eigenvalue weighted by atomic mass is 9.92. The van der Waals surface area contributed by atoms with Gasteiger partial charge in [0.1, 0.15) is 0 Å². The Morgan fingerprint density at radius 1 is 1.64 bits per heavy atom. The second kappa shape index (κ2) is 4.72. The number of esters is 1. The Morgan fingerprint density at radius 3 is 3.00 bits per heavy atom. The van der Waals surface area contributed by atoms with E-state index in [1.807, 2.05) is 0 Å². The van der Waals surface area contributed by atoms with Crippen molar-refractivity contribution in [3.63, 3.8) is 0 Å². The summed E-state index contributed by atoms with van der Waals surface area (Å²) in [7, 11) is 0. The summed E-state index contributed by atoms with van der Waals surface area (Å²) in [5.41, 5.74) is -1.80. The van der Waals surface area contributed by atoms with Crippen LogP contribution in [0, 0.1) is 0 Å². The molecule has 5 heteroatoms. The van der Waals surface area contributed by atoms with Crippen LogP contribution >= 0.6 is 0 Å². The van der Waals surface area contributed by atoms with E-state index in [2.05, 4.69) is 0 Å². The zero-order valence-corrected chi connectivity index (χ0v) is 8.23. The van der Waals surface area contributed by atoms with Crippen LogP contribution in [0.2, 0.25) is 0 Å². The molecule has 0 aromatic rings. The summed E-state index contributed by atoms with van der Waals surface area (Å²) in [6.45, 7) is 2.45. The molecule has 0 aliphatic carbocycles. The smallest absolute Gasteiger partial charge is 0.340 e. The van der Waals surface area contributed by atoms with Crippen molar-refractivity contribution in [2.24, 2.45) is 0 Å². The fraction of sp³-hybridized carbons (Fsp3) is 0.889. The molecule has 1 aliphatic heterocycles. The van der Waals surface area contributed by atoms with Gasteiger partial charge in [0.25, 0.3) is 0 Å². The first-order valence-electron chi connectivity index (χ1n) is 4.76. The molecular formula is C9H16O5. The molecule has 0 amide bonds. The van der Waals surface area contributed by atoms with Crippen LogP contribution in [0.3, 0.4) is 0 Å². The van der Waals surface area contributed by atoms with Crippen molar-refractivity contribution in [2.75, 3.05) is 19.8 Å². The maximum Gasteiger partial charge on any atom is 0.340 e. The van der Waals surface area contributed by atoms with Gasteiger partial charge in [0.15, 0.2) is 5.60 Å². The Labute approximate surface area is 82.6 Å². The Bertz CT molecular complexity index is 205. The molecule has 0 aromatic heterocycles. The molecule has 0 bridgehead atoms. The van der Waals surface area contributed by atoms with Gasteiger partial charge in [0, 0.05) is 26.1 Å². The summed E-state index contributed by atoms with van der Waals surface area (Å²) in [6, 6.07) is 0. The van der Waals surface area contributed by atoms with E-state index in [9.17, 15) is 15.0 Å². The summed E-state index contributed by atoms with van der Waals surface area (Å²) in [4.78, 5) is 11.4. The monoisotopic (exact) mass is 204 g/mol. The average molecular weight is 204 g/mol. The van der Waals surface area contributed by atoms with Crippen LogP contribution in [0.5, 0.6) is 0 Å². The van der Waals surface area contributed by atoms with Crippen molar-refractivity contribution in [3.8, 4) is 0 Å². The van der Waals surface area contributed by atoms with Crippen molar-refractivity contribution in [1.82, 2.24) is 0 Å². The van der Waals surface area contributed by atoms with E-state index in [0.29, 0.717) is 6.61 Å². The Balaban J connectivity index is 2.71. The van der Waals surface area contributed by atoms with Crippen LogP contribution < -0.4 is 0 Å². The molecule has 2 atom stereocenters. The van der Waals surface area contributed by atoms with Gasteiger partial charge in [0.2, 0.25) is 0 Å². The van der Waals surface area contributed by atoms with Crippen molar-refractivity contribution in [1.29, 1.82) is 0 Å². The van der Waals surface area contributed by atoms with Crippen LogP contribution in [0.4, 0.5) is 0 Å². The average Bonchev–Trinajstić information content (AvgIpc) is 2.31. The van der Waals surface area contributed by atoms with Crippen molar-refractivity contribution >= 4 is 5.97 Å². The van der Waals surface area contributed by atoms with Crippen LogP contribution in [-0.4, -0.2) is 47.7 Å². The summed E-state index contributed by atoms with van der Waals surface area (Å²) in [5.74, 6) is -0.766. The summed E-state index contributed by atoms with van der Waals surface area (Å²) >= 11 is 0. The number of carbonyl (C=O) groups is 1. The third kappa shape index (κ3) is 2.23. The molecule has 2 unspecified atom stereocenters. The zero-order chi connectivity index (χ0) is 10.6. The molecule has 14 heavy (non-hydrogen) atoms. The second-order valence-electron chi connectivity index (χ2n) is 3.31. The molecule has 0 aromatic carbocycles. The first kappa shape index (κ1) is 11.4. The number of rotatable bonds is 2. The Hall–Kier alpha value is -0.650. The van der Waals surface area contributed by atoms with E-state index in [0.717, 1.165) is 0 Å². The van der Waals surface area contributed by atoms with E-state index in [1.54, 1.807) is 6.92 Å². The minimum Gasteiger partial charge on any atom is -0.464 e. The van der Waals surface area contributed by atoms with Crippen LogP contribution in [-0.2, 0) is 14.3 Å². The standard InChI is InChI=1S/C9H16O5/c1-2-14-8(11)9(12)4-6-13-5-3-7(9)10/h7,10,12H,2-6H2,1H3. The van der Waals surface area contributed by atoms with Gasteiger partial charge in [-0.25, -0.2) is 4.79 Å². The minimum absolute atomic E-state index is 0.0764. The quantitative estimate of drug-likeness (QED) is 0.590. The van der Waals surface area contributed by atoms with Gasteiger partial charge in [-0.3, -0.25) is 0 Å². The Morgan fingerprint density at radius 2 is 2.36 bits per heavy atom. The Kier molecular flexibility index (Phi) is 3.86. The largest absolute Gasteiger partial charge is 0.464 e. The van der Waals surface area contributed by atoms with Gasteiger partial charge in [-0.1, -0.05) is 0 Å². The molecule has 2 N–H and O–H groups in total. The van der Waals surface area contributed by atoms with Crippen LogP contribution in [0.1, 0.15) is 19.8 Å². The highest BCUT2D eigenvalue weighted by atomic mass is 16.6. The first-order valence-corrected chi connectivity index (χ1v) is 4.76. The fourth-order valence-electron chi connectivity index (χ4n) is 1.42. The molecule has 1 rings (SSSR count). The van der Waals surface area contributed by atoms with Gasteiger partial charge in [-0.05, 0) is 6.92 Å². The van der Waals surface area contributed by atoms with Gasteiger partial charge in [0.05, 0.1) is 12.7 Å². The highest BCUT2D eigenvalue weighted by Crippen LogP contribution is 2.23. The molecule has 1 heterocycles. The molecule has 1 saturated heterocycles. The van der Waals surface area contributed by atoms with Crippen LogP contribution in [0.15, 0.2) is 0 Å². The van der Waals surface area contributed by atoms with Gasteiger partial charge < -0.3 is 19.7 Å². The molecule has 0 saturated carbocycles. The van der Waals surface area contributed by atoms with E-state index in [1.165, 1.54) is 0 Å². The zero-order valence-electron chi connectivity index (χ0n) is 8.23. The molecule has 1 aliphatic rings. The van der Waals surface area contributed by atoms with Gasteiger partial charge in [-0.2, -0.15) is 0 Å². The fourth-order valence-corrected chi connectivity index (χ4v) is 1.42. The second-order valence-corrected chi connectivity index (χ2v) is 3.31. The van der Waals surface area contributed by atoms with Gasteiger partial charge >= 0.3 is 5.97 Å². The number of aliphatic hydroxyl groups is 2. The molecule has 5 nitrogen and oxygen atoms in total. The normalized spacial score (nSPS) is 33.5. The van der Waals surface area contributed by atoms with E-state index in [4.69, 9.17) is 9.47 Å². The van der Waals surface area contributed by atoms with Crippen molar-refractivity contribution < 1.29 is 24.5 Å². The molecule has 1 fully saturated rings. The lowest BCUT2D eigenvalue weighted by Gasteiger charge is -2.27. The summed E-state index contributed by atoms with van der Waals surface area (Å²) < 4.78 is 9.77. The third-order valence-electron chi connectivity index (χ3n) is 2.34. The predicted octanol–water partition coefficient (Wildman–Crippen LogP) is -0.548. The van der Waals surface area contributed by atoms with Crippen molar-refractivity contribution in [3.05, 3.63) is 0 Å². The lowest BCUT2D eigenvalue weighted by molar-refractivity contribution is -0.178. The number of hydrogen-bond donors (Lipinski definition) is 2. The maximum absolute atomic E-state index is 11.4. The highest BCUT2D eigenvalue weighted by molar-refractivity contribution is 5.80. The van der Waals surface area contributed by atoms with E-state index < -0.39 is 17.7 Å². The third-order valence-corrected chi connectivity index (χ3v) is 2.34. The first-order chi connectivity index (χ1) is 6.61. The predicted molar refractivity (Wildman–Crippen MR) is 47.6 cm³/mol. The molecule has 82 valence electrons. The SMILES string of the molecule is CCOC(=O)C1(O)CCOCCC1O. The van der Waals surface area contributed by atoms with E-state index >= 15 is 0 Å². The lowest BCUT2D eigenvalue weighted by Crippen LogP contribution is -2.50. The number of hydrogen-bond acceptors (Lipinski definition) is 5. The summed E-state index contributed by atoms with van der Waals surface area (Å²) in [6.07, 6.45) is -0.786. The maximum atomic E-state index is 11.4. The van der Waals surface area contributed by atoms with Crippen molar-refractivity contribution in [2.45, 2.75) is 31.5 Å².